The molecule has 0 aromatic heterocycles. The number of amides is 1. The molecule has 2 aromatic carbocycles. The van der Waals surface area contributed by atoms with Crippen molar-refractivity contribution in [3.8, 4) is 0 Å². The van der Waals surface area contributed by atoms with Gasteiger partial charge in [0.05, 0.1) is 12.0 Å². The highest BCUT2D eigenvalue weighted by Crippen LogP contribution is 2.42. The van der Waals surface area contributed by atoms with Gasteiger partial charge in [-0.25, -0.2) is 4.79 Å². The Morgan fingerprint density at radius 2 is 1.48 bits per heavy atom. The average molecular weight is 365 g/mol. The minimum atomic E-state index is -1.03. The number of carboxylic acids is 1. The smallest absolute Gasteiger partial charge is 0.326 e. The van der Waals surface area contributed by atoms with E-state index in [4.69, 9.17) is 0 Å². The van der Waals surface area contributed by atoms with E-state index in [1.54, 1.807) is 4.90 Å². The van der Waals surface area contributed by atoms with Gasteiger partial charge < -0.3 is 15.1 Å². The molecule has 1 saturated carbocycles. The summed E-state index contributed by atoms with van der Waals surface area (Å²) in [7, 11) is 0. The average Bonchev–Trinajstić information content (AvgIpc) is 2.69. The molecule has 0 radical (unpaired) electrons. The lowest BCUT2D eigenvalue weighted by Crippen LogP contribution is -2.65. The van der Waals surface area contributed by atoms with E-state index in [1.165, 1.54) is 0 Å². The molecule has 1 aliphatic carbocycles. The quantitative estimate of drug-likeness (QED) is 0.873. The van der Waals surface area contributed by atoms with Crippen molar-refractivity contribution >= 4 is 11.9 Å². The van der Waals surface area contributed by atoms with Crippen molar-refractivity contribution in [3.63, 3.8) is 0 Å². The molecule has 1 amide bonds. The highest BCUT2D eigenvalue weighted by molar-refractivity contribution is 5.91. The van der Waals surface area contributed by atoms with Gasteiger partial charge in [-0.3, -0.25) is 4.79 Å². The minimum Gasteiger partial charge on any atom is -0.480 e. The van der Waals surface area contributed by atoms with Gasteiger partial charge in [-0.1, -0.05) is 60.7 Å². The van der Waals surface area contributed by atoms with Gasteiger partial charge in [0, 0.05) is 12.0 Å². The number of aliphatic carboxylic acids is 1. The number of carbonyl (C=O) groups excluding carboxylic acids is 1. The number of rotatable bonds is 4. The van der Waals surface area contributed by atoms with Gasteiger partial charge >= 0.3 is 5.97 Å². The summed E-state index contributed by atoms with van der Waals surface area (Å²) in [5.41, 5.74) is 1.69. The van der Waals surface area contributed by atoms with Crippen LogP contribution in [-0.2, 0) is 9.59 Å². The second-order valence-corrected chi connectivity index (χ2v) is 7.48. The first-order valence-electron chi connectivity index (χ1n) is 9.41. The molecule has 2 saturated heterocycles. The van der Waals surface area contributed by atoms with Gasteiger partial charge in [0.15, 0.2) is 0 Å². The zero-order valence-electron chi connectivity index (χ0n) is 14.9. The lowest BCUT2D eigenvalue weighted by molar-refractivity contribution is -0.172. The van der Waals surface area contributed by atoms with Gasteiger partial charge in [-0.2, -0.15) is 0 Å². The highest BCUT2D eigenvalue weighted by atomic mass is 16.4. The maximum absolute atomic E-state index is 13.7. The summed E-state index contributed by atoms with van der Waals surface area (Å²) in [6.45, 7) is 0. The molecule has 5 nitrogen and oxygen atoms in total. The van der Waals surface area contributed by atoms with Crippen LogP contribution in [0.5, 0.6) is 0 Å². The van der Waals surface area contributed by atoms with Crippen LogP contribution in [0.4, 0.5) is 0 Å². The number of piperidine rings is 2. The number of fused-ring (bicyclic) bond motifs is 3. The van der Waals surface area contributed by atoms with Crippen molar-refractivity contribution in [1.29, 1.82) is 0 Å². The van der Waals surface area contributed by atoms with E-state index in [1.807, 2.05) is 60.7 Å². The number of aliphatic hydroxyl groups is 1. The Labute approximate surface area is 158 Å². The Hall–Kier alpha value is -2.66. The van der Waals surface area contributed by atoms with E-state index in [0.29, 0.717) is 12.8 Å². The van der Waals surface area contributed by atoms with E-state index < -0.39 is 30.0 Å². The van der Waals surface area contributed by atoms with Crippen molar-refractivity contribution in [3.05, 3.63) is 71.8 Å². The zero-order valence-corrected chi connectivity index (χ0v) is 14.9. The van der Waals surface area contributed by atoms with Crippen molar-refractivity contribution in [1.82, 2.24) is 4.90 Å². The molecule has 3 fully saturated rings. The van der Waals surface area contributed by atoms with Crippen LogP contribution in [0.3, 0.4) is 0 Å². The topological polar surface area (TPSA) is 77.8 Å². The SMILES string of the molecule is O=C(O)[C@H]1[C@@H]2CC[C@@H](CC2O)N1C(=O)C(c1ccccc1)c1ccccc1. The number of aliphatic hydroxyl groups excluding tert-OH is 1. The molecule has 5 heteroatoms. The molecule has 3 aliphatic rings. The van der Waals surface area contributed by atoms with Crippen LogP contribution in [0, 0.1) is 5.92 Å². The molecule has 1 unspecified atom stereocenters. The lowest BCUT2D eigenvalue weighted by Gasteiger charge is -2.52. The maximum Gasteiger partial charge on any atom is 0.326 e. The van der Waals surface area contributed by atoms with Gasteiger partial charge in [0.1, 0.15) is 6.04 Å². The molecule has 27 heavy (non-hydrogen) atoms. The number of hydrogen-bond donors (Lipinski definition) is 2. The number of carboxylic acid groups (broad SMARTS) is 1. The first kappa shape index (κ1) is 17.7. The monoisotopic (exact) mass is 365 g/mol. The third-order valence-corrected chi connectivity index (χ3v) is 5.96. The Morgan fingerprint density at radius 3 is 1.96 bits per heavy atom. The summed E-state index contributed by atoms with van der Waals surface area (Å²) in [6, 6.07) is 17.8. The molecule has 2 bridgehead atoms. The van der Waals surface area contributed by atoms with Crippen LogP contribution in [0.2, 0.25) is 0 Å². The number of nitrogens with zero attached hydrogens (tertiary/aromatic N) is 1. The third kappa shape index (κ3) is 3.12. The summed E-state index contributed by atoms with van der Waals surface area (Å²) in [5.74, 6) is -2.17. The fourth-order valence-electron chi connectivity index (χ4n) is 4.74. The molecule has 4 atom stereocenters. The van der Waals surface area contributed by atoms with E-state index in [9.17, 15) is 19.8 Å². The Kier molecular flexibility index (Phi) is 4.70. The number of benzene rings is 2. The fraction of sp³-hybridized carbons (Fsp3) is 0.364. The normalized spacial score (nSPS) is 27.0. The molecule has 2 heterocycles. The molecular formula is C22H23NO4. The second kappa shape index (κ2) is 7.16. The van der Waals surface area contributed by atoms with E-state index in [2.05, 4.69) is 0 Å². The minimum absolute atomic E-state index is 0.193. The van der Waals surface area contributed by atoms with Crippen LogP contribution < -0.4 is 0 Å². The fourth-order valence-corrected chi connectivity index (χ4v) is 4.74. The predicted octanol–water partition coefficient (Wildman–Crippen LogP) is 2.64. The molecule has 2 aromatic rings. The second-order valence-electron chi connectivity index (χ2n) is 7.48. The third-order valence-electron chi connectivity index (χ3n) is 5.96. The molecule has 2 aliphatic heterocycles. The van der Waals surface area contributed by atoms with Crippen LogP contribution in [0.25, 0.3) is 0 Å². The Bertz CT molecular complexity index is 783. The van der Waals surface area contributed by atoms with Crippen molar-refractivity contribution in [2.45, 2.75) is 43.4 Å². The first-order valence-corrected chi connectivity index (χ1v) is 9.41. The Balaban J connectivity index is 1.76. The summed E-state index contributed by atoms with van der Waals surface area (Å²) in [6.07, 6.45) is 1.19. The summed E-state index contributed by atoms with van der Waals surface area (Å²) in [4.78, 5) is 27.2. The van der Waals surface area contributed by atoms with Gasteiger partial charge in [0.2, 0.25) is 5.91 Å². The number of hydrogen-bond acceptors (Lipinski definition) is 3. The molecular weight excluding hydrogens is 342 g/mol. The van der Waals surface area contributed by atoms with Crippen LogP contribution >= 0.6 is 0 Å². The summed E-state index contributed by atoms with van der Waals surface area (Å²) in [5, 5.41) is 20.1. The van der Waals surface area contributed by atoms with Crippen LogP contribution in [0.1, 0.15) is 36.3 Å². The molecule has 2 N–H and O–H groups in total. The van der Waals surface area contributed by atoms with E-state index in [0.717, 1.165) is 17.5 Å². The summed E-state index contributed by atoms with van der Waals surface area (Å²) < 4.78 is 0. The van der Waals surface area contributed by atoms with Gasteiger partial charge in [0.25, 0.3) is 0 Å². The van der Waals surface area contributed by atoms with Crippen LogP contribution in [-0.4, -0.2) is 45.2 Å². The molecule has 140 valence electrons. The first-order chi connectivity index (χ1) is 13.1. The van der Waals surface area contributed by atoms with E-state index in [-0.39, 0.29) is 11.9 Å². The number of carbonyl (C=O) groups is 2. The Morgan fingerprint density at radius 1 is 0.926 bits per heavy atom. The predicted molar refractivity (Wildman–Crippen MR) is 100 cm³/mol. The summed E-state index contributed by atoms with van der Waals surface area (Å²) >= 11 is 0. The maximum atomic E-state index is 13.7. The largest absolute Gasteiger partial charge is 0.480 e. The van der Waals surface area contributed by atoms with Gasteiger partial charge in [-0.15, -0.1) is 0 Å². The van der Waals surface area contributed by atoms with Gasteiger partial charge in [-0.05, 0) is 30.4 Å². The standard InChI is InChI=1S/C22H23NO4/c24-18-13-16-11-12-17(18)20(22(26)27)23(16)21(25)19(14-7-3-1-4-8-14)15-9-5-2-6-10-15/h1-10,16-20,24H,11-13H2,(H,26,27)/t16-,17+,18?,20+/m0/s1. The molecule has 5 rings (SSSR count). The highest BCUT2D eigenvalue weighted by Gasteiger charge is 2.52. The van der Waals surface area contributed by atoms with Crippen LogP contribution in [0.15, 0.2) is 60.7 Å². The zero-order chi connectivity index (χ0) is 19.0. The van der Waals surface area contributed by atoms with Crippen molar-refractivity contribution in [2.75, 3.05) is 0 Å². The van der Waals surface area contributed by atoms with Crippen molar-refractivity contribution in [2.24, 2.45) is 5.92 Å². The molecule has 0 spiro atoms. The van der Waals surface area contributed by atoms with E-state index >= 15 is 0 Å². The lowest BCUT2D eigenvalue weighted by atomic mass is 9.71. The van der Waals surface area contributed by atoms with Crippen molar-refractivity contribution < 1.29 is 19.8 Å².